The normalized spacial score (nSPS) is 10.5. The number of thioether (sulfide) groups is 1. The second-order valence-corrected chi connectivity index (χ2v) is 7.37. The van der Waals surface area contributed by atoms with E-state index in [1.165, 1.54) is 7.11 Å². The van der Waals surface area contributed by atoms with Crippen molar-refractivity contribution in [3.63, 3.8) is 0 Å². The van der Waals surface area contributed by atoms with Crippen molar-refractivity contribution in [3.05, 3.63) is 64.9 Å². The molecule has 2 aromatic carbocycles. The SMILES string of the molecule is COc1cc(Br)c(C(=O)Nc2cnn(CSc3ccccc3)c2)cc1OC. The van der Waals surface area contributed by atoms with Crippen molar-refractivity contribution in [2.24, 2.45) is 0 Å². The summed E-state index contributed by atoms with van der Waals surface area (Å²) in [4.78, 5) is 13.8. The minimum Gasteiger partial charge on any atom is -0.493 e. The van der Waals surface area contributed by atoms with Gasteiger partial charge < -0.3 is 14.8 Å². The van der Waals surface area contributed by atoms with E-state index in [1.807, 2.05) is 30.3 Å². The first kappa shape index (κ1) is 19.3. The van der Waals surface area contributed by atoms with Gasteiger partial charge in [-0.15, -0.1) is 11.8 Å². The van der Waals surface area contributed by atoms with E-state index in [-0.39, 0.29) is 5.91 Å². The van der Waals surface area contributed by atoms with Crippen LogP contribution in [0.15, 0.2) is 64.2 Å². The van der Waals surface area contributed by atoms with Crippen LogP contribution in [-0.2, 0) is 5.88 Å². The van der Waals surface area contributed by atoms with Crippen LogP contribution in [0.4, 0.5) is 5.69 Å². The van der Waals surface area contributed by atoms with Gasteiger partial charge in [0.1, 0.15) is 0 Å². The number of aromatic nitrogens is 2. The molecule has 1 heterocycles. The Balaban J connectivity index is 1.67. The molecule has 0 unspecified atom stereocenters. The van der Waals surface area contributed by atoms with E-state index in [9.17, 15) is 4.79 Å². The lowest BCUT2D eigenvalue weighted by molar-refractivity contribution is 0.102. The van der Waals surface area contributed by atoms with Crippen LogP contribution >= 0.6 is 27.7 Å². The summed E-state index contributed by atoms with van der Waals surface area (Å²) >= 11 is 5.06. The van der Waals surface area contributed by atoms with Crippen LogP contribution in [0.25, 0.3) is 0 Å². The molecule has 1 aromatic heterocycles. The molecule has 140 valence electrons. The summed E-state index contributed by atoms with van der Waals surface area (Å²) in [5, 5.41) is 7.13. The molecule has 0 radical (unpaired) electrons. The third kappa shape index (κ3) is 4.84. The molecule has 0 fully saturated rings. The highest BCUT2D eigenvalue weighted by Gasteiger charge is 2.16. The number of benzene rings is 2. The summed E-state index contributed by atoms with van der Waals surface area (Å²) in [7, 11) is 3.08. The standard InChI is InChI=1S/C19H18BrN3O3S/c1-25-17-8-15(16(20)9-18(17)26-2)19(24)22-13-10-21-23(11-13)12-27-14-6-4-3-5-7-14/h3-11H,12H2,1-2H3,(H,22,24). The lowest BCUT2D eigenvalue weighted by Gasteiger charge is -2.11. The predicted molar refractivity (Wildman–Crippen MR) is 110 cm³/mol. The van der Waals surface area contributed by atoms with E-state index in [2.05, 4.69) is 26.3 Å². The molecular weight excluding hydrogens is 430 g/mol. The maximum absolute atomic E-state index is 12.6. The highest BCUT2D eigenvalue weighted by Crippen LogP contribution is 2.33. The van der Waals surface area contributed by atoms with E-state index in [4.69, 9.17) is 9.47 Å². The molecule has 0 atom stereocenters. The zero-order valence-corrected chi connectivity index (χ0v) is 17.2. The molecule has 1 amide bonds. The molecule has 0 aliphatic rings. The summed E-state index contributed by atoms with van der Waals surface area (Å²) in [5.74, 6) is 1.42. The van der Waals surface area contributed by atoms with Crippen LogP contribution in [0.3, 0.4) is 0 Å². The van der Waals surface area contributed by atoms with Crippen molar-refractivity contribution in [3.8, 4) is 11.5 Å². The molecular formula is C19H18BrN3O3S. The van der Waals surface area contributed by atoms with Crippen LogP contribution in [0.5, 0.6) is 11.5 Å². The first-order chi connectivity index (χ1) is 13.1. The fourth-order valence-electron chi connectivity index (χ4n) is 2.38. The van der Waals surface area contributed by atoms with Gasteiger partial charge in [-0.2, -0.15) is 5.10 Å². The molecule has 27 heavy (non-hydrogen) atoms. The van der Waals surface area contributed by atoms with Crippen LogP contribution in [0, 0.1) is 0 Å². The van der Waals surface area contributed by atoms with Crippen molar-refractivity contribution >= 4 is 39.3 Å². The number of methoxy groups -OCH3 is 2. The highest BCUT2D eigenvalue weighted by atomic mass is 79.9. The average Bonchev–Trinajstić information content (AvgIpc) is 3.14. The average molecular weight is 448 g/mol. The van der Waals surface area contributed by atoms with Crippen molar-refractivity contribution in [2.75, 3.05) is 19.5 Å². The third-order valence-electron chi connectivity index (χ3n) is 3.72. The van der Waals surface area contributed by atoms with Gasteiger partial charge in [-0.3, -0.25) is 9.48 Å². The maximum atomic E-state index is 12.6. The summed E-state index contributed by atoms with van der Waals surface area (Å²) in [6, 6.07) is 13.4. The number of ether oxygens (including phenoxy) is 2. The van der Waals surface area contributed by atoms with Gasteiger partial charge >= 0.3 is 0 Å². The fourth-order valence-corrected chi connectivity index (χ4v) is 3.66. The first-order valence-electron chi connectivity index (χ1n) is 8.04. The lowest BCUT2D eigenvalue weighted by Crippen LogP contribution is -2.12. The number of nitrogens with one attached hydrogen (secondary N) is 1. The second kappa shape index (κ2) is 8.96. The number of rotatable bonds is 7. The van der Waals surface area contributed by atoms with Gasteiger partial charge in [0.15, 0.2) is 11.5 Å². The van der Waals surface area contributed by atoms with Gasteiger partial charge in [0.2, 0.25) is 0 Å². The van der Waals surface area contributed by atoms with Crippen molar-refractivity contribution in [1.82, 2.24) is 9.78 Å². The number of nitrogens with zero attached hydrogens (tertiary/aromatic N) is 2. The summed E-state index contributed by atoms with van der Waals surface area (Å²) < 4.78 is 12.9. The van der Waals surface area contributed by atoms with E-state index < -0.39 is 0 Å². The number of amides is 1. The molecule has 1 N–H and O–H groups in total. The van der Waals surface area contributed by atoms with Crippen LogP contribution in [0.1, 0.15) is 10.4 Å². The number of carbonyl (C=O) groups excluding carboxylic acids is 1. The van der Waals surface area contributed by atoms with Crippen LogP contribution < -0.4 is 14.8 Å². The molecule has 8 heteroatoms. The quantitative estimate of drug-likeness (QED) is 0.533. The molecule has 3 aromatic rings. The topological polar surface area (TPSA) is 65.4 Å². The van der Waals surface area contributed by atoms with Crippen LogP contribution in [0.2, 0.25) is 0 Å². The monoisotopic (exact) mass is 447 g/mol. The van der Waals surface area contributed by atoms with Gasteiger partial charge in [-0.05, 0) is 40.2 Å². The zero-order chi connectivity index (χ0) is 19.2. The minimum atomic E-state index is -0.266. The van der Waals surface area contributed by atoms with E-state index in [1.54, 1.807) is 48.1 Å². The van der Waals surface area contributed by atoms with Gasteiger partial charge in [0.05, 0.1) is 37.5 Å². The minimum absolute atomic E-state index is 0.266. The van der Waals surface area contributed by atoms with Gasteiger partial charge in [0, 0.05) is 15.6 Å². The Hall–Kier alpha value is -2.45. The number of anilines is 1. The maximum Gasteiger partial charge on any atom is 0.257 e. The van der Waals surface area contributed by atoms with Gasteiger partial charge in [-0.25, -0.2) is 0 Å². The van der Waals surface area contributed by atoms with Crippen LogP contribution in [-0.4, -0.2) is 29.9 Å². The van der Waals surface area contributed by atoms with E-state index in [0.29, 0.717) is 33.1 Å². The highest BCUT2D eigenvalue weighted by molar-refractivity contribution is 9.10. The number of hydrogen-bond acceptors (Lipinski definition) is 5. The number of halogens is 1. The number of carbonyl (C=O) groups is 1. The van der Waals surface area contributed by atoms with Gasteiger partial charge in [-0.1, -0.05) is 18.2 Å². The summed E-state index contributed by atoms with van der Waals surface area (Å²) in [6.45, 7) is 0. The van der Waals surface area contributed by atoms with Gasteiger partial charge in [0.25, 0.3) is 5.91 Å². The summed E-state index contributed by atoms with van der Waals surface area (Å²) in [5.41, 5.74) is 1.06. The smallest absolute Gasteiger partial charge is 0.257 e. The Morgan fingerprint density at radius 3 is 2.59 bits per heavy atom. The molecule has 0 saturated heterocycles. The Morgan fingerprint density at radius 2 is 1.89 bits per heavy atom. The fraction of sp³-hybridized carbons (Fsp3) is 0.158. The molecule has 3 rings (SSSR count). The predicted octanol–water partition coefficient (Wildman–Crippen LogP) is 4.66. The second-order valence-electron chi connectivity index (χ2n) is 5.50. The van der Waals surface area contributed by atoms with Crippen molar-refractivity contribution < 1.29 is 14.3 Å². The van der Waals surface area contributed by atoms with E-state index >= 15 is 0 Å². The summed E-state index contributed by atoms with van der Waals surface area (Å²) in [6.07, 6.45) is 3.42. The van der Waals surface area contributed by atoms with E-state index in [0.717, 1.165) is 4.90 Å². The number of hydrogen-bond donors (Lipinski definition) is 1. The molecule has 0 spiro atoms. The Morgan fingerprint density at radius 1 is 1.19 bits per heavy atom. The molecule has 0 saturated carbocycles. The Kier molecular flexibility index (Phi) is 6.41. The Labute approximate surface area is 170 Å². The Bertz CT molecular complexity index is 931. The molecule has 0 aliphatic heterocycles. The zero-order valence-electron chi connectivity index (χ0n) is 14.8. The molecule has 0 bridgehead atoms. The van der Waals surface area contributed by atoms with Crippen molar-refractivity contribution in [1.29, 1.82) is 0 Å². The molecule has 0 aliphatic carbocycles. The van der Waals surface area contributed by atoms with Crippen molar-refractivity contribution in [2.45, 2.75) is 10.8 Å². The third-order valence-corrected chi connectivity index (χ3v) is 5.37. The largest absolute Gasteiger partial charge is 0.493 e. The lowest BCUT2D eigenvalue weighted by atomic mass is 10.2. The molecule has 6 nitrogen and oxygen atoms in total. The first-order valence-corrected chi connectivity index (χ1v) is 9.81.